The fourth-order valence-electron chi connectivity index (χ4n) is 1.73. The van der Waals surface area contributed by atoms with E-state index < -0.39 is 0 Å². The Morgan fingerprint density at radius 2 is 2.06 bits per heavy atom. The highest BCUT2D eigenvalue weighted by Crippen LogP contribution is 2.21. The van der Waals surface area contributed by atoms with Gasteiger partial charge in [0, 0.05) is 6.42 Å². The molecule has 0 bridgehead atoms. The minimum atomic E-state index is 0.0695. The summed E-state index contributed by atoms with van der Waals surface area (Å²) in [4.78, 5) is 12.2. The predicted molar refractivity (Wildman–Crippen MR) is 74.6 cm³/mol. The largest absolute Gasteiger partial charge is 0.490 e. The van der Waals surface area contributed by atoms with Crippen molar-refractivity contribution < 1.29 is 9.53 Å². The normalized spacial score (nSPS) is 10.6. The van der Waals surface area contributed by atoms with Gasteiger partial charge in [0.15, 0.2) is 5.78 Å². The minimum absolute atomic E-state index is 0.0695. The van der Waals surface area contributed by atoms with Crippen molar-refractivity contribution >= 4 is 17.1 Å². The molecule has 0 atom stereocenters. The lowest BCUT2D eigenvalue weighted by Gasteiger charge is -2.13. The van der Waals surface area contributed by atoms with Crippen LogP contribution in [0, 0.1) is 0 Å². The summed E-state index contributed by atoms with van der Waals surface area (Å²) in [6.45, 7) is 3.92. The van der Waals surface area contributed by atoms with E-state index in [-0.39, 0.29) is 11.9 Å². The Labute approximate surface area is 111 Å². The van der Waals surface area contributed by atoms with E-state index in [0.717, 1.165) is 5.56 Å². The second kappa shape index (κ2) is 5.83. The van der Waals surface area contributed by atoms with Crippen LogP contribution in [0.1, 0.15) is 29.8 Å². The molecule has 0 N–H and O–H groups in total. The highest BCUT2D eigenvalue weighted by Gasteiger charge is 2.13. The first-order chi connectivity index (χ1) is 8.66. The standard InChI is InChI=1S/C15H16O2S/c1-11(2)17-15-6-4-3-5-13(15)14(16)9-12-7-8-18-10-12/h3-8,10-11H,9H2,1-2H3. The molecule has 1 heterocycles. The number of rotatable bonds is 5. The van der Waals surface area contributed by atoms with Crippen molar-refractivity contribution in [2.24, 2.45) is 0 Å². The van der Waals surface area contributed by atoms with Crippen LogP contribution < -0.4 is 4.74 Å². The van der Waals surface area contributed by atoms with Gasteiger partial charge in [-0.15, -0.1) is 0 Å². The Bertz CT molecular complexity index is 515. The van der Waals surface area contributed by atoms with Crippen LogP contribution in [0.5, 0.6) is 5.75 Å². The molecule has 1 aromatic heterocycles. The molecular weight excluding hydrogens is 244 g/mol. The SMILES string of the molecule is CC(C)Oc1ccccc1C(=O)Cc1ccsc1. The molecule has 0 aliphatic rings. The maximum atomic E-state index is 12.2. The van der Waals surface area contributed by atoms with E-state index in [2.05, 4.69) is 0 Å². The van der Waals surface area contributed by atoms with Gasteiger partial charge < -0.3 is 4.74 Å². The number of ketones is 1. The van der Waals surface area contributed by atoms with Crippen LogP contribution in [0.2, 0.25) is 0 Å². The van der Waals surface area contributed by atoms with Crippen LogP contribution in [0.4, 0.5) is 0 Å². The molecule has 0 radical (unpaired) electrons. The Balaban J connectivity index is 2.19. The topological polar surface area (TPSA) is 26.3 Å². The zero-order valence-electron chi connectivity index (χ0n) is 10.6. The number of benzene rings is 1. The third kappa shape index (κ3) is 3.20. The number of Topliss-reactive ketones (excluding diaryl/α,β-unsaturated/α-hetero) is 1. The average Bonchev–Trinajstić information content (AvgIpc) is 2.81. The van der Waals surface area contributed by atoms with Gasteiger partial charge in [0.05, 0.1) is 11.7 Å². The van der Waals surface area contributed by atoms with Crippen molar-refractivity contribution in [1.82, 2.24) is 0 Å². The average molecular weight is 260 g/mol. The number of carbonyl (C=O) groups is 1. The fraction of sp³-hybridized carbons (Fsp3) is 0.267. The van der Waals surface area contributed by atoms with Crippen molar-refractivity contribution in [3.05, 3.63) is 52.2 Å². The second-order valence-corrected chi connectivity index (χ2v) is 5.17. The molecule has 2 rings (SSSR count). The van der Waals surface area contributed by atoms with Gasteiger partial charge in [0.1, 0.15) is 5.75 Å². The van der Waals surface area contributed by atoms with Gasteiger partial charge in [-0.3, -0.25) is 4.79 Å². The van der Waals surface area contributed by atoms with E-state index in [9.17, 15) is 4.79 Å². The Hall–Kier alpha value is -1.61. The first-order valence-electron chi connectivity index (χ1n) is 5.97. The number of thiophene rings is 1. The zero-order valence-corrected chi connectivity index (χ0v) is 11.4. The van der Waals surface area contributed by atoms with Gasteiger partial charge >= 0.3 is 0 Å². The molecule has 3 heteroatoms. The van der Waals surface area contributed by atoms with Crippen LogP contribution in [0.15, 0.2) is 41.1 Å². The Kier molecular flexibility index (Phi) is 4.15. The van der Waals surface area contributed by atoms with Gasteiger partial charge in [-0.25, -0.2) is 0 Å². The summed E-state index contributed by atoms with van der Waals surface area (Å²) in [5.41, 5.74) is 1.72. The first-order valence-corrected chi connectivity index (χ1v) is 6.91. The highest BCUT2D eigenvalue weighted by atomic mass is 32.1. The Morgan fingerprint density at radius 1 is 1.28 bits per heavy atom. The molecule has 0 fully saturated rings. The number of hydrogen-bond acceptors (Lipinski definition) is 3. The third-order valence-electron chi connectivity index (χ3n) is 2.49. The number of para-hydroxylation sites is 1. The molecule has 0 unspecified atom stereocenters. The summed E-state index contributed by atoms with van der Waals surface area (Å²) in [6.07, 6.45) is 0.502. The van der Waals surface area contributed by atoms with E-state index in [4.69, 9.17) is 4.74 Å². The van der Waals surface area contributed by atoms with E-state index in [0.29, 0.717) is 17.7 Å². The van der Waals surface area contributed by atoms with Crippen LogP contribution in [-0.4, -0.2) is 11.9 Å². The number of hydrogen-bond donors (Lipinski definition) is 0. The van der Waals surface area contributed by atoms with Gasteiger partial charge in [-0.05, 0) is 48.4 Å². The highest BCUT2D eigenvalue weighted by molar-refractivity contribution is 7.08. The van der Waals surface area contributed by atoms with Crippen molar-refractivity contribution in [3.8, 4) is 5.75 Å². The summed E-state index contributed by atoms with van der Waals surface area (Å²) in [7, 11) is 0. The molecule has 0 saturated heterocycles. The summed E-state index contributed by atoms with van der Waals surface area (Å²) in [5, 5.41) is 3.99. The molecule has 0 spiro atoms. The quantitative estimate of drug-likeness (QED) is 0.761. The second-order valence-electron chi connectivity index (χ2n) is 4.39. The van der Waals surface area contributed by atoms with Crippen molar-refractivity contribution in [3.63, 3.8) is 0 Å². The van der Waals surface area contributed by atoms with Crippen molar-refractivity contribution in [2.75, 3.05) is 0 Å². The van der Waals surface area contributed by atoms with E-state index >= 15 is 0 Å². The van der Waals surface area contributed by atoms with Crippen molar-refractivity contribution in [2.45, 2.75) is 26.4 Å². The summed E-state index contributed by atoms with van der Waals surface area (Å²) >= 11 is 1.61. The number of carbonyl (C=O) groups excluding carboxylic acids is 1. The van der Waals surface area contributed by atoms with Crippen LogP contribution >= 0.6 is 11.3 Å². The maximum absolute atomic E-state index is 12.2. The molecular formula is C15H16O2S. The van der Waals surface area contributed by atoms with E-state index in [1.807, 2.05) is 54.9 Å². The fourth-order valence-corrected chi connectivity index (χ4v) is 2.40. The lowest BCUT2D eigenvalue weighted by Crippen LogP contribution is -2.11. The molecule has 2 aromatic rings. The van der Waals surface area contributed by atoms with E-state index in [1.54, 1.807) is 11.3 Å². The molecule has 0 amide bonds. The van der Waals surface area contributed by atoms with Gasteiger partial charge in [0.25, 0.3) is 0 Å². The van der Waals surface area contributed by atoms with E-state index in [1.165, 1.54) is 0 Å². The molecule has 2 nitrogen and oxygen atoms in total. The zero-order chi connectivity index (χ0) is 13.0. The molecule has 0 saturated carbocycles. The lowest BCUT2D eigenvalue weighted by atomic mass is 10.0. The molecule has 94 valence electrons. The smallest absolute Gasteiger partial charge is 0.170 e. The van der Waals surface area contributed by atoms with Crippen LogP contribution in [-0.2, 0) is 6.42 Å². The summed E-state index contributed by atoms with van der Waals surface area (Å²) < 4.78 is 5.67. The minimum Gasteiger partial charge on any atom is -0.490 e. The van der Waals surface area contributed by atoms with Crippen LogP contribution in [0.25, 0.3) is 0 Å². The van der Waals surface area contributed by atoms with Crippen molar-refractivity contribution in [1.29, 1.82) is 0 Å². The van der Waals surface area contributed by atoms with Gasteiger partial charge in [-0.2, -0.15) is 11.3 Å². The molecule has 18 heavy (non-hydrogen) atoms. The lowest BCUT2D eigenvalue weighted by molar-refractivity contribution is 0.0987. The van der Waals surface area contributed by atoms with Gasteiger partial charge in [0.2, 0.25) is 0 Å². The predicted octanol–water partition coefficient (Wildman–Crippen LogP) is 3.96. The summed E-state index contributed by atoms with van der Waals surface area (Å²) in [6, 6.07) is 9.41. The van der Waals surface area contributed by atoms with Gasteiger partial charge in [-0.1, -0.05) is 12.1 Å². The monoisotopic (exact) mass is 260 g/mol. The Morgan fingerprint density at radius 3 is 2.72 bits per heavy atom. The molecule has 1 aromatic carbocycles. The number of ether oxygens (including phenoxy) is 1. The molecule has 0 aliphatic heterocycles. The summed E-state index contributed by atoms with van der Waals surface area (Å²) in [5.74, 6) is 0.775. The molecule has 0 aliphatic carbocycles. The van der Waals surface area contributed by atoms with Crippen LogP contribution in [0.3, 0.4) is 0 Å². The maximum Gasteiger partial charge on any atom is 0.170 e. The third-order valence-corrected chi connectivity index (χ3v) is 3.23. The first kappa shape index (κ1) is 12.8.